The van der Waals surface area contributed by atoms with Crippen LogP contribution in [-0.2, 0) is 14.5 Å². The normalized spacial score (nSPS) is 10.0. The highest BCUT2D eigenvalue weighted by molar-refractivity contribution is 4.25. The fourth-order valence-electron chi connectivity index (χ4n) is 0.343. The lowest BCUT2D eigenvalue weighted by Crippen LogP contribution is -2.06. The van der Waals surface area contributed by atoms with Gasteiger partial charge in [0, 0.05) is 0 Å². The minimum atomic E-state index is 0.0486. The number of rotatable bonds is 6. The van der Waals surface area contributed by atoms with Gasteiger partial charge < -0.3 is 9.84 Å². The first-order valence-electron chi connectivity index (χ1n) is 2.76. The smallest absolute Gasteiger partial charge is 0.106 e. The lowest BCUT2D eigenvalue weighted by atomic mass is 10.7. The Hall–Kier alpha value is -0.160. The maximum Gasteiger partial charge on any atom is 0.106 e. The van der Waals surface area contributed by atoms with Crippen LogP contribution in [0.2, 0.25) is 0 Å². The third kappa shape index (κ3) is 7.84. The van der Waals surface area contributed by atoms with Crippen LogP contribution in [0, 0.1) is 0 Å². The van der Waals surface area contributed by atoms with Crippen molar-refractivity contribution in [3.8, 4) is 0 Å². The third-order valence-corrected chi connectivity index (χ3v) is 0.664. The van der Waals surface area contributed by atoms with E-state index in [1.54, 1.807) is 0 Å². The van der Waals surface area contributed by atoms with Gasteiger partial charge in [-0.1, -0.05) is 0 Å². The van der Waals surface area contributed by atoms with E-state index in [-0.39, 0.29) is 6.61 Å². The number of aliphatic hydroxyl groups excluding tert-OH is 1. The number of hydrogen-bond acceptors (Lipinski definition) is 4. The van der Waals surface area contributed by atoms with Gasteiger partial charge in [0.1, 0.15) is 6.61 Å². The minimum absolute atomic E-state index is 0.0486. The van der Waals surface area contributed by atoms with Gasteiger partial charge in [-0.25, -0.2) is 9.78 Å². The molecule has 0 saturated carbocycles. The summed E-state index contributed by atoms with van der Waals surface area (Å²) >= 11 is 0. The molecule has 0 saturated heterocycles. The topological polar surface area (TPSA) is 47.9 Å². The van der Waals surface area contributed by atoms with Crippen LogP contribution in [0.1, 0.15) is 0 Å². The van der Waals surface area contributed by atoms with E-state index >= 15 is 0 Å². The van der Waals surface area contributed by atoms with Crippen LogP contribution in [0.4, 0.5) is 0 Å². The highest BCUT2D eigenvalue weighted by Crippen LogP contribution is 1.76. The van der Waals surface area contributed by atoms with Gasteiger partial charge in [0.15, 0.2) is 0 Å². The number of aliphatic hydroxyl groups is 1. The Morgan fingerprint density at radius 1 is 1.22 bits per heavy atom. The zero-order valence-corrected chi connectivity index (χ0v) is 5.50. The van der Waals surface area contributed by atoms with Crippen LogP contribution in [0.25, 0.3) is 0 Å². The van der Waals surface area contributed by atoms with Crippen molar-refractivity contribution in [3.63, 3.8) is 0 Å². The lowest BCUT2D eigenvalue weighted by Gasteiger charge is -1.99. The molecule has 0 amide bonds. The Kier molecular flexibility index (Phi) is 7.70. The van der Waals surface area contributed by atoms with E-state index in [4.69, 9.17) is 9.84 Å². The molecule has 0 aliphatic heterocycles. The first kappa shape index (κ1) is 8.84. The minimum Gasteiger partial charge on any atom is -0.394 e. The predicted octanol–water partition coefficient (Wildman–Crippen LogP) is -0.427. The van der Waals surface area contributed by atoms with Crippen molar-refractivity contribution in [1.29, 1.82) is 0 Å². The van der Waals surface area contributed by atoms with Crippen molar-refractivity contribution in [2.45, 2.75) is 0 Å². The third-order valence-electron chi connectivity index (χ3n) is 0.664. The molecule has 0 heterocycles. The lowest BCUT2D eigenvalue weighted by molar-refractivity contribution is -0.277. The van der Waals surface area contributed by atoms with Gasteiger partial charge in [-0.3, -0.25) is 0 Å². The fourth-order valence-corrected chi connectivity index (χ4v) is 0.343. The quantitative estimate of drug-likeness (QED) is 0.306. The van der Waals surface area contributed by atoms with Gasteiger partial charge in [-0.2, -0.15) is 0 Å². The Bertz CT molecular complexity index is 42.2. The first-order chi connectivity index (χ1) is 4.41. The number of ether oxygens (including phenoxy) is 1. The Labute approximate surface area is 54.3 Å². The molecule has 1 N–H and O–H groups in total. The highest BCUT2D eigenvalue weighted by atomic mass is 17.2. The van der Waals surface area contributed by atoms with E-state index in [0.717, 1.165) is 0 Å². The molecule has 0 unspecified atom stereocenters. The summed E-state index contributed by atoms with van der Waals surface area (Å²) in [6, 6.07) is 0. The molecule has 0 aliphatic carbocycles. The summed E-state index contributed by atoms with van der Waals surface area (Å²) in [4.78, 5) is 8.75. The SMILES string of the molecule is COOCCOCCO. The molecule has 56 valence electrons. The monoisotopic (exact) mass is 136 g/mol. The first-order valence-corrected chi connectivity index (χ1v) is 2.76. The molecule has 0 aromatic heterocycles. The summed E-state index contributed by atoms with van der Waals surface area (Å²) in [7, 11) is 1.44. The van der Waals surface area contributed by atoms with Crippen LogP contribution in [0.5, 0.6) is 0 Å². The van der Waals surface area contributed by atoms with E-state index in [0.29, 0.717) is 19.8 Å². The Morgan fingerprint density at radius 2 is 2.00 bits per heavy atom. The summed E-state index contributed by atoms with van der Waals surface area (Å²) in [6.45, 7) is 1.25. The fraction of sp³-hybridized carbons (Fsp3) is 1.00. The Morgan fingerprint density at radius 3 is 2.56 bits per heavy atom. The summed E-state index contributed by atoms with van der Waals surface area (Å²) in [5, 5.41) is 8.23. The second-order valence-electron chi connectivity index (χ2n) is 1.32. The van der Waals surface area contributed by atoms with E-state index in [2.05, 4.69) is 9.78 Å². The largest absolute Gasteiger partial charge is 0.394 e. The van der Waals surface area contributed by atoms with Gasteiger partial charge in [0.2, 0.25) is 0 Å². The second-order valence-corrected chi connectivity index (χ2v) is 1.32. The molecule has 0 radical (unpaired) electrons. The second kappa shape index (κ2) is 7.84. The van der Waals surface area contributed by atoms with Gasteiger partial charge in [0.05, 0.1) is 26.9 Å². The molecular formula is C5H12O4. The van der Waals surface area contributed by atoms with E-state index in [1.807, 2.05) is 0 Å². The molecule has 0 aliphatic rings. The van der Waals surface area contributed by atoms with Crippen LogP contribution in [0.15, 0.2) is 0 Å². The molecule has 0 aromatic carbocycles. The molecular weight excluding hydrogens is 124 g/mol. The van der Waals surface area contributed by atoms with Crippen molar-refractivity contribution in [2.24, 2.45) is 0 Å². The summed E-state index contributed by atoms with van der Waals surface area (Å²) in [6.07, 6.45) is 0. The van der Waals surface area contributed by atoms with Gasteiger partial charge >= 0.3 is 0 Å². The van der Waals surface area contributed by atoms with Crippen LogP contribution < -0.4 is 0 Å². The van der Waals surface area contributed by atoms with Gasteiger partial charge in [0.25, 0.3) is 0 Å². The number of hydrogen-bond donors (Lipinski definition) is 1. The van der Waals surface area contributed by atoms with Crippen molar-refractivity contribution < 1.29 is 19.6 Å². The molecule has 0 rings (SSSR count). The van der Waals surface area contributed by atoms with Crippen LogP contribution in [-0.4, -0.2) is 38.6 Å². The summed E-state index contributed by atoms with van der Waals surface area (Å²) in [5.74, 6) is 0. The van der Waals surface area contributed by atoms with Crippen LogP contribution >= 0.6 is 0 Å². The van der Waals surface area contributed by atoms with E-state index in [1.165, 1.54) is 7.11 Å². The van der Waals surface area contributed by atoms with Gasteiger partial charge in [-0.05, 0) is 0 Å². The molecule has 0 aromatic rings. The maximum atomic E-state index is 8.23. The maximum absolute atomic E-state index is 8.23. The molecule has 0 bridgehead atoms. The zero-order chi connectivity index (χ0) is 6.95. The summed E-state index contributed by atoms with van der Waals surface area (Å²) < 4.78 is 4.83. The zero-order valence-electron chi connectivity index (χ0n) is 5.50. The average molecular weight is 136 g/mol. The van der Waals surface area contributed by atoms with E-state index < -0.39 is 0 Å². The van der Waals surface area contributed by atoms with Crippen molar-refractivity contribution in [3.05, 3.63) is 0 Å². The Balaban J connectivity index is 2.60. The van der Waals surface area contributed by atoms with Crippen molar-refractivity contribution in [2.75, 3.05) is 33.5 Å². The highest BCUT2D eigenvalue weighted by Gasteiger charge is 1.85. The molecule has 4 nitrogen and oxygen atoms in total. The molecule has 9 heavy (non-hydrogen) atoms. The molecule has 0 spiro atoms. The molecule has 0 fully saturated rings. The van der Waals surface area contributed by atoms with E-state index in [9.17, 15) is 0 Å². The molecule has 4 heteroatoms. The van der Waals surface area contributed by atoms with Crippen molar-refractivity contribution >= 4 is 0 Å². The predicted molar refractivity (Wildman–Crippen MR) is 30.9 cm³/mol. The van der Waals surface area contributed by atoms with Gasteiger partial charge in [-0.15, -0.1) is 0 Å². The van der Waals surface area contributed by atoms with Crippen LogP contribution in [0.3, 0.4) is 0 Å². The summed E-state index contributed by atoms with van der Waals surface area (Å²) in [5.41, 5.74) is 0. The van der Waals surface area contributed by atoms with Crippen molar-refractivity contribution in [1.82, 2.24) is 0 Å². The molecule has 0 atom stereocenters. The standard InChI is InChI=1S/C5H12O4/c1-7-9-5-4-8-3-2-6/h6H,2-5H2,1H3. The average Bonchev–Trinajstić information content (AvgIpc) is 1.89.